The van der Waals surface area contributed by atoms with Gasteiger partial charge in [0.2, 0.25) is 0 Å². The van der Waals surface area contributed by atoms with E-state index >= 15 is 0 Å². The molecule has 1 atom stereocenters. The number of aliphatic hydroxyl groups is 1. The molecule has 1 unspecified atom stereocenters. The van der Waals surface area contributed by atoms with Crippen molar-refractivity contribution < 1.29 is 9.90 Å². The molecule has 0 spiro atoms. The normalized spacial score (nSPS) is 19.4. The molecule has 0 aliphatic carbocycles. The second-order valence-corrected chi connectivity index (χ2v) is 9.56. The molecular formula is C29H34N2O2. The van der Waals surface area contributed by atoms with Crippen LogP contribution in [0.15, 0.2) is 66.7 Å². The zero-order valence-corrected chi connectivity index (χ0v) is 19.3. The van der Waals surface area contributed by atoms with E-state index in [0.29, 0.717) is 18.0 Å². The Bertz CT molecular complexity index is 1080. The fourth-order valence-electron chi connectivity index (χ4n) is 5.61. The lowest BCUT2D eigenvalue weighted by Gasteiger charge is -2.34. The van der Waals surface area contributed by atoms with Gasteiger partial charge in [0.25, 0.3) is 5.91 Å². The molecule has 1 N–H and O–H groups in total. The topological polar surface area (TPSA) is 43.8 Å². The highest BCUT2D eigenvalue weighted by Gasteiger charge is 2.32. The van der Waals surface area contributed by atoms with Crippen molar-refractivity contribution in [2.24, 2.45) is 0 Å². The summed E-state index contributed by atoms with van der Waals surface area (Å²) in [6, 6.07) is 22.6. The average molecular weight is 443 g/mol. The maximum absolute atomic E-state index is 13.0. The van der Waals surface area contributed by atoms with Crippen molar-refractivity contribution in [1.82, 2.24) is 9.80 Å². The van der Waals surface area contributed by atoms with E-state index in [9.17, 15) is 9.90 Å². The van der Waals surface area contributed by atoms with Gasteiger partial charge in [-0.3, -0.25) is 4.79 Å². The van der Waals surface area contributed by atoms with Crippen molar-refractivity contribution in [3.8, 4) is 0 Å². The first-order chi connectivity index (χ1) is 16.2. The molecule has 2 heterocycles. The van der Waals surface area contributed by atoms with Gasteiger partial charge in [-0.15, -0.1) is 0 Å². The molecule has 1 fully saturated rings. The van der Waals surface area contributed by atoms with Gasteiger partial charge >= 0.3 is 0 Å². The van der Waals surface area contributed by atoms with Gasteiger partial charge in [-0.2, -0.15) is 0 Å². The lowest BCUT2D eigenvalue weighted by molar-refractivity contribution is 0.00417. The number of likely N-dealkylation sites (tertiary alicyclic amines) is 1. The van der Waals surface area contributed by atoms with Crippen molar-refractivity contribution in [2.45, 2.75) is 50.7 Å². The largest absolute Gasteiger partial charge is 0.369 e. The second-order valence-electron chi connectivity index (χ2n) is 9.56. The molecule has 1 saturated heterocycles. The quantitative estimate of drug-likeness (QED) is 0.453. The number of amides is 1. The van der Waals surface area contributed by atoms with Crippen LogP contribution in [0.4, 0.5) is 0 Å². The molecule has 0 aromatic heterocycles. The highest BCUT2D eigenvalue weighted by molar-refractivity contribution is 6.10. The Morgan fingerprint density at radius 1 is 0.788 bits per heavy atom. The lowest BCUT2D eigenvalue weighted by atomic mass is 9.89. The van der Waals surface area contributed by atoms with E-state index in [-0.39, 0.29) is 5.91 Å². The van der Waals surface area contributed by atoms with E-state index in [4.69, 9.17) is 0 Å². The highest BCUT2D eigenvalue weighted by Crippen LogP contribution is 2.35. The molecule has 172 valence electrons. The van der Waals surface area contributed by atoms with E-state index in [1.165, 1.54) is 50.9 Å². The Morgan fingerprint density at radius 3 is 2.24 bits per heavy atom. The van der Waals surface area contributed by atoms with E-state index in [2.05, 4.69) is 35.2 Å². The van der Waals surface area contributed by atoms with Gasteiger partial charge in [-0.05, 0) is 68.3 Å². The monoisotopic (exact) mass is 442 g/mol. The maximum Gasteiger partial charge on any atom is 0.256 e. The van der Waals surface area contributed by atoms with Gasteiger partial charge in [0.15, 0.2) is 6.23 Å². The van der Waals surface area contributed by atoms with Crippen molar-refractivity contribution >= 4 is 16.7 Å². The Kier molecular flexibility index (Phi) is 6.75. The summed E-state index contributed by atoms with van der Waals surface area (Å²) in [6.07, 6.45) is 6.06. The van der Waals surface area contributed by atoms with Crippen LogP contribution in [0.1, 0.15) is 72.2 Å². The van der Waals surface area contributed by atoms with Crippen LogP contribution in [0, 0.1) is 0 Å². The van der Waals surface area contributed by atoms with Crippen LogP contribution in [0.3, 0.4) is 0 Å². The number of benzene rings is 3. The number of carbonyl (C=O) groups is 1. The molecule has 2 aliphatic rings. The molecule has 0 saturated carbocycles. The number of nitrogens with zero attached hydrogens (tertiary/aromatic N) is 2. The summed E-state index contributed by atoms with van der Waals surface area (Å²) >= 11 is 0. The molecule has 0 radical (unpaired) electrons. The van der Waals surface area contributed by atoms with Crippen LogP contribution in [-0.2, 0) is 0 Å². The molecule has 2 aliphatic heterocycles. The Labute approximate surface area is 196 Å². The van der Waals surface area contributed by atoms with Crippen LogP contribution in [-0.4, -0.2) is 47.0 Å². The molecule has 3 aromatic carbocycles. The number of piperidine rings is 1. The van der Waals surface area contributed by atoms with E-state index < -0.39 is 6.23 Å². The van der Waals surface area contributed by atoms with Crippen LogP contribution in [0.5, 0.6) is 0 Å². The van der Waals surface area contributed by atoms with Crippen LogP contribution >= 0.6 is 0 Å². The first-order valence-electron chi connectivity index (χ1n) is 12.5. The standard InChI is InChI=1S/C29H34N2O2/c32-28-25-14-8-12-24-13-9-15-26(27(24)25)29(33)31(28)19-7-2-1-6-18-30-20-16-23(17-21-30)22-10-4-3-5-11-22/h3-5,8-15,23,28,32H,1-2,6-7,16-21H2. The zero-order valence-electron chi connectivity index (χ0n) is 19.3. The molecule has 33 heavy (non-hydrogen) atoms. The van der Waals surface area contributed by atoms with Crippen LogP contribution in [0.25, 0.3) is 10.8 Å². The summed E-state index contributed by atoms with van der Waals surface area (Å²) in [5, 5.41) is 12.8. The Balaban J connectivity index is 1.04. The third-order valence-corrected chi connectivity index (χ3v) is 7.48. The molecule has 3 aromatic rings. The first-order valence-corrected chi connectivity index (χ1v) is 12.5. The average Bonchev–Trinajstić information content (AvgIpc) is 2.87. The van der Waals surface area contributed by atoms with E-state index in [0.717, 1.165) is 29.2 Å². The fourth-order valence-corrected chi connectivity index (χ4v) is 5.61. The van der Waals surface area contributed by atoms with Crippen LogP contribution in [0.2, 0.25) is 0 Å². The number of hydrogen-bond donors (Lipinski definition) is 1. The van der Waals surface area contributed by atoms with Crippen molar-refractivity contribution in [2.75, 3.05) is 26.2 Å². The zero-order chi connectivity index (χ0) is 22.6. The summed E-state index contributed by atoms with van der Waals surface area (Å²) in [5.74, 6) is 0.667. The summed E-state index contributed by atoms with van der Waals surface area (Å²) in [4.78, 5) is 17.3. The second kappa shape index (κ2) is 10.1. The number of carbonyl (C=O) groups excluding carboxylic acids is 1. The summed E-state index contributed by atoms with van der Waals surface area (Å²) in [6.45, 7) is 4.16. The molecular weight excluding hydrogens is 408 g/mol. The number of rotatable bonds is 8. The molecule has 5 rings (SSSR count). The van der Waals surface area contributed by atoms with Gasteiger partial charge < -0.3 is 14.9 Å². The maximum atomic E-state index is 13.0. The minimum atomic E-state index is -0.845. The fraction of sp³-hybridized carbons (Fsp3) is 0.414. The summed E-state index contributed by atoms with van der Waals surface area (Å²) in [7, 11) is 0. The highest BCUT2D eigenvalue weighted by atomic mass is 16.3. The first kappa shape index (κ1) is 22.1. The molecule has 1 amide bonds. The van der Waals surface area contributed by atoms with Gasteiger partial charge in [0.05, 0.1) is 0 Å². The van der Waals surface area contributed by atoms with Gasteiger partial charge in [0.1, 0.15) is 0 Å². The summed E-state index contributed by atoms with van der Waals surface area (Å²) < 4.78 is 0. The Morgan fingerprint density at radius 2 is 1.48 bits per heavy atom. The number of aliphatic hydroxyl groups excluding tert-OH is 1. The van der Waals surface area contributed by atoms with Crippen molar-refractivity contribution in [3.63, 3.8) is 0 Å². The minimum Gasteiger partial charge on any atom is -0.369 e. The predicted octanol–water partition coefficient (Wildman–Crippen LogP) is 5.73. The Hall–Kier alpha value is -2.69. The third-order valence-electron chi connectivity index (χ3n) is 7.48. The van der Waals surface area contributed by atoms with Crippen molar-refractivity contribution in [1.29, 1.82) is 0 Å². The number of unbranched alkanes of at least 4 members (excludes halogenated alkanes) is 3. The molecule has 0 bridgehead atoms. The van der Waals surface area contributed by atoms with Crippen molar-refractivity contribution in [3.05, 3.63) is 83.4 Å². The predicted molar refractivity (Wildman–Crippen MR) is 133 cm³/mol. The van der Waals surface area contributed by atoms with Gasteiger partial charge in [-0.1, -0.05) is 73.5 Å². The minimum absolute atomic E-state index is 0.0481. The van der Waals surface area contributed by atoms with Gasteiger partial charge in [0, 0.05) is 23.1 Å². The summed E-state index contributed by atoms with van der Waals surface area (Å²) in [5.41, 5.74) is 3.05. The third kappa shape index (κ3) is 4.68. The van der Waals surface area contributed by atoms with Gasteiger partial charge in [-0.25, -0.2) is 0 Å². The SMILES string of the molecule is O=C1c2cccc3cccc(c23)C(O)N1CCCCCCN1CCC(c2ccccc2)CC1. The molecule has 4 heteroatoms. The lowest BCUT2D eigenvalue weighted by Crippen LogP contribution is -2.38. The molecule has 4 nitrogen and oxygen atoms in total. The van der Waals surface area contributed by atoms with Crippen LogP contribution < -0.4 is 0 Å². The van der Waals surface area contributed by atoms with E-state index in [1.54, 1.807) is 4.90 Å². The smallest absolute Gasteiger partial charge is 0.256 e. The van der Waals surface area contributed by atoms with E-state index in [1.807, 2.05) is 36.4 Å². The number of hydrogen-bond acceptors (Lipinski definition) is 3.